The number of benzene rings is 3. The first-order valence-electron chi connectivity index (χ1n) is 20.9. The molecule has 1 fully saturated rings. The summed E-state index contributed by atoms with van der Waals surface area (Å²) in [5.41, 5.74) is 4.02. The Kier molecular flexibility index (Phi) is 23.4. The second kappa shape index (κ2) is 28.1. The number of carbonyl (C=O) groups is 1. The van der Waals surface area contributed by atoms with Crippen LogP contribution in [-0.4, -0.2) is 145 Å². The summed E-state index contributed by atoms with van der Waals surface area (Å²) in [4.78, 5) is 37.0. The number of amides is 1. The number of carbonyl (C=O) groups excluding carboxylic acids is 1. The van der Waals surface area contributed by atoms with Crippen molar-refractivity contribution >= 4 is 45.0 Å². The van der Waals surface area contributed by atoms with Crippen LogP contribution < -0.4 is 41.5 Å². The SMILES string of the molecule is CCCCNc1nc(N[C@@H](Cc2ccc(O)cc2)C(=O)NCCCN2CCNCCNCCNCC2)nc(OCCN(C)c2ccc(-c3nc4ccccc4s3)cc2)n1.O.O.[Co]. The smallest absolute Gasteiger partial charge is 0.323 e. The van der Waals surface area contributed by atoms with Gasteiger partial charge in [-0.1, -0.05) is 37.6 Å². The summed E-state index contributed by atoms with van der Waals surface area (Å²) in [6.45, 7) is 12.7. The maximum atomic E-state index is 13.8. The molecule has 62 heavy (non-hydrogen) atoms. The number of nitrogens with zero attached hydrogens (tertiary/aromatic N) is 6. The van der Waals surface area contributed by atoms with E-state index in [-0.39, 0.29) is 51.3 Å². The van der Waals surface area contributed by atoms with Crippen LogP contribution in [-0.2, 0) is 28.0 Å². The number of anilines is 3. The van der Waals surface area contributed by atoms with Gasteiger partial charge in [0.05, 0.1) is 16.8 Å². The monoisotopic (exact) mass is 919 g/mol. The number of likely N-dealkylation sites (N-methyl/N-ethyl adjacent to an activating group) is 1. The third kappa shape index (κ3) is 16.9. The van der Waals surface area contributed by atoms with Crippen molar-refractivity contribution in [2.75, 3.05) is 108 Å². The number of thiazole rings is 1. The molecule has 2 aromatic heterocycles. The fourth-order valence-electron chi connectivity index (χ4n) is 6.61. The summed E-state index contributed by atoms with van der Waals surface area (Å²) in [6.07, 6.45) is 3.13. The van der Waals surface area contributed by atoms with Gasteiger partial charge in [-0.25, -0.2) is 4.98 Å². The van der Waals surface area contributed by atoms with Gasteiger partial charge in [-0.2, -0.15) is 15.0 Å². The van der Waals surface area contributed by atoms with Crippen LogP contribution in [0.5, 0.6) is 11.8 Å². The van der Waals surface area contributed by atoms with Crippen molar-refractivity contribution in [3.8, 4) is 22.3 Å². The number of hydrogen-bond acceptors (Lipinski definition) is 15. The van der Waals surface area contributed by atoms with Gasteiger partial charge in [0.25, 0.3) is 0 Å². The van der Waals surface area contributed by atoms with Crippen LogP contribution in [0, 0.1) is 0 Å². The number of ether oxygens (including phenoxy) is 1. The zero-order chi connectivity index (χ0) is 41.1. The number of fused-ring (bicyclic) bond motifs is 1. The molecule has 1 radical (unpaired) electrons. The molecule has 6 rings (SSSR count). The van der Waals surface area contributed by atoms with E-state index in [0.717, 1.165) is 106 Å². The van der Waals surface area contributed by atoms with E-state index < -0.39 is 6.04 Å². The topological polar surface area (TPSA) is 240 Å². The molecule has 1 amide bonds. The Bertz CT molecular complexity index is 1970. The maximum Gasteiger partial charge on any atom is 0.323 e. The van der Waals surface area contributed by atoms with Crippen LogP contribution in [0.1, 0.15) is 31.7 Å². The van der Waals surface area contributed by atoms with Crippen molar-refractivity contribution in [1.29, 1.82) is 0 Å². The molecule has 1 aliphatic rings. The number of phenols is 1. The molecule has 0 bridgehead atoms. The van der Waals surface area contributed by atoms with E-state index in [0.29, 0.717) is 38.6 Å². The molecule has 0 aliphatic carbocycles. The van der Waals surface area contributed by atoms with E-state index in [1.165, 1.54) is 4.70 Å². The van der Waals surface area contributed by atoms with E-state index >= 15 is 0 Å². The standard InChI is InChI=1S/C43H60N12O3S.Co.2H2O/c1-3-4-18-48-41-51-42(53-43(52-41)58-30-29-54(2)34-14-12-33(13-15-34)40-49-36-8-5-6-9-38(36)59-40)50-37(31-32-10-16-35(56)17-11-32)39(57)47-19-7-26-55-27-24-45-22-20-44-21-23-46-25-28-55;;;/h5-6,8-17,37,44-46,56H,3-4,7,18-31H2,1-2H3,(H,47,57)(H2,48,50,51,52,53);;2*1H2/t37-;;;/m0.../s1. The number of para-hydroxylation sites is 1. The average Bonchev–Trinajstić information content (AvgIpc) is 3.68. The van der Waals surface area contributed by atoms with E-state index in [1.807, 2.05) is 37.4 Å². The molecule has 5 aromatic rings. The van der Waals surface area contributed by atoms with Crippen LogP contribution in [0.25, 0.3) is 20.8 Å². The summed E-state index contributed by atoms with van der Waals surface area (Å²) >= 11 is 1.69. The van der Waals surface area contributed by atoms with Crippen LogP contribution in [0.4, 0.5) is 17.6 Å². The van der Waals surface area contributed by atoms with Crippen LogP contribution in [0.3, 0.4) is 0 Å². The Morgan fingerprint density at radius 3 is 2.23 bits per heavy atom. The molecule has 1 atom stereocenters. The minimum absolute atomic E-state index is 0. The van der Waals surface area contributed by atoms with Crippen molar-refractivity contribution in [3.63, 3.8) is 0 Å². The van der Waals surface area contributed by atoms with Crippen LogP contribution in [0.15, 0.2) is 72.8 Å². The second-order valence-electron chi connectivity index (χ2n) is 14.7. The van der Waals surface area contributed by atoms with Gasteiger partial charge in [0.15, 0.2) is 0 Å². The number of aromatic hydroxyl groups is 1. The Balaban J connectivity index is 0.00000341. The maximum absolute atomic E-state index is 13.8. The zero-order valence-electron chi connectivity index (χ0n) is 35.7. The number of unbranched alkanes of at least 4 members (excludes halogenated alkanes) is 1. The van der Waals surface area contributed by atoms with Crippen molar-refractivity contribution < 1.29 is 42.4 Å². The van der Waals surface area contributed by atoms with E-state index in [1.54, 1.807) is 23.5 Å². The van der Waals surface area contributed by atoms with E-state index in [4.69, 9.17) is 9.72 Å². The van der Waals surface area contributed by atoms with Gasteiger partial charge in [0, 0.05) is 107 Å². The predicted molar refractivity (Wildman–Crippen MR) is 246 cm³/mol. The first-order chi connectivity index (χ1) is 28.9. The normalized spacial score (nSPS) is 14.1. The quantitative estimate of drug-likeness (QED) is 0.0590. The Hall–Kier alpha value is -4.70. The number of nitrogens with one attached hydrogen (secondary N) is 6. The molecule has 11 N–H and O–H groups in total. The number of hydrogen-bond donors (Lipinski definition) is 7. The minimum atomic E-state index is -0.696. The van der Waals surface area contributed by atoms with E-state index in [2.05, 4.69) is 93.9 Å². The molecule has 341 valence electrons. The molecule has 0 spiro atoms. The summed E-state index contributed by atoms with van der Waals surface area (Å²) in [7, 11) is 2.02. The van der Waals surface area contributed by atoms with Gasteiger partial charge in [-0.05, 0) is 73.5 Å². The van der Waals surface area contributed by atoms with Crippen molar-refractivity contribution in [1.82, 2.24) is 46.1 Å². The van der Waals surface area contributed by atoms with Gasteiger partial charge in [-0.15, -0.1) is 11.3 Å². The summed E-state index contributed by atoms with van der Waals surface area (Å²) in [5, 5.41) is 31.1. The average molecular weight is 920 g/mol. The first-order valence-corrected chi connectivity index (χ1v) is 21.7. The third-order valence-electron chi connectivity index (χ3n) is 10.0. The van der Waals surface area contributed by atoms with E-state index in [9.17, 15) is 9.90 Å². The van der Waals surface area contributed by atoms with Crippen LogP contribution >= 0.6 is 11.3 Å². The zero-order valence-corrected chi connectivity index (χ0v) is 37.6. The molecular weight excluding hydrogens is 856 g/mol. The molecule has 3 aromatic carbocycles. The Morgan fingerprint density at radius 1 is 0.855 bits per heavy atom. The molecule has 17 nitrogen and oxygen atoms in total. The molecular formula is C43H64CoN12O5S. The molecule has 19 heteroatoms. The van der Waals surface area contributed by atoms with Crippen LogP contribution in [0.2, 0.25) is 0 Å². The Morgan fingerprint density at radius 2 is 1.53 bits per heavy atom. The van der Waals surface area contributed by atoms with Crippen molar-refractivity contribution in [3.05, 3.63) is 78.4 Å². The molecule has 1 aliphatic heterocycles. The molecule has 3 heterocycles. The molecule has 0 saturated carbocycles. The number of aromatic nitrogens is 4. The second-order valence-corrected chi connectivity index (χ2v) is 15.7. The first kappa shape index (κ1) is 51.6. The fourth-order valence-corrected chi connectivity index (χ4v) is 7.58. The van der Waals surface area contributed by atoms with Gasteiger partial charge in [0.2, 0.25) is 17.8 Å². The predicted octanol–water partition coefficient (Wildman–Crippen LogP) is 2.54. The summed E-state index contributed by atoms with van der Waals surface area (Å²) in [6, 6.07) is 22.9. The summed E-state index contributed by atoms with van der Waals surface area (Å²) in [5.74, 6) is 0.614. The van der Waals surface area contributed by atoms with Gasteiger partial charge < -0.3 is 62.5 Å². The van der Waals surface area contributed by atoms with Gasteiger partial charge >= 0.3 is 6.01 Å². The molecule has 1 saturated heterocycles. The number of rotatable bonds is 19. The fraction of sp³-hybridized carbons (Fsp3) is 0.465. The molecule has 0 unspecified atom stereocenters. The van der Waals surface area contributed by atoms with Gasteiger partial charge in [0.1, 0.15) is 23.4 Å². The Labute approximate surface area is 379 Å². The summed E-state index contributed by atoms with van der Waals surface area (Å²) < 4.78 is 7.30. The minimum Gasteiger partial charge on any atom is -0.508 e. The largest absolute Gasteiger partial charge is 0.508 e. The van der Waals surface area contributed by atoms with Crippen molar-refractivity contribution in [2.24, 2.45) is 0 Å². The third-order valence-corrected chi connectivity index (χ3v) is 11.1. The van der Waals surface area contributed by atoms with Gasteiger partial charge in [-0.3, -0.25) is 4.79 Å². The van der Waals surface area contributed by atoms with Crippen molar-refractivity contribution in [2.45, 2.75) is 38.6 Å². The number of phenolic OH excluding ortho intramolecular Hbond substituents is 1.